The molecule has 1 rings (SSSR count). The van der Waals surface area contributed by atoms with Gasteiger partial charge in [-0.2, -0.15) is 0 Å². The largest absolute Gasteiger partial charge is 0.452 e. The van der Waals surface area contributed by atoms with Gasteiger partial charge in [-0.1, -0.05) is 11.8 Å². The summed E-state index contributed by atoms with van der Waals surface area (Å²) in [7, 11) is 0. The van der Waals surface area contributed by atoms with Crippen molar-refractivity contribution in [1.29, 1.82) is 0 Å². The second-order valence-electron chi connectivity index (χ2n) is 2.04. The van der Waals surface area contributed by atoms with Gasteiger partial charge in [0.1, 0.15) is 11.9 Å². The normalized spacial score (nSPS) is 13.5. The lowest BCUT2D eigenvalue weighted by Crippen LogP contribution is -1.85. The molecule has 0 aliphatic heterocycles. The summed E-state index contributed by atoms with van der Waals surface area (Å²) < 4.78 is 5.21. The molecule has 10 heavy (non-hydrogen) atoms. The Morgan fingerprint density at radius 3 is 2.60 bits per heavy atom. The van der Waals surface area contributed by atoms with Crippen LogP contribution in [0.2, 0.25) is 0 Å². The number of rotatable bonds is 2. The number of aliphatic hydroxyl groups excluding tert-OH is 1. The molecule has 2 nitrogen and oxygen atoms in total. The Hall–Kier alpha value is -0.410. The number of hydrogen-bond acceptors (Lipinski definition) is 3. The molecular weight excluding hydrogens is 148 g/mol. The lowest BCUT2D eigenvalue weighted by atomic mass is 10.3. The van der Waals surface area contributed by atoms with E-state index < -0.39 is 6.10 Å². The van der Waals surface area contributed by atoms with E-state index in [-0.39, 0.29) is 0 Å². The fourth-order valence-electron chi connectivity index (χ4n) is 0.669. The summed E-state index contributed by atoms with van der Waals surface area (Å²) >= 11 is 1.53. The minimum Gasteiger partial charge on any atom is -0.452 e. The summed E-state index contributed by atoms with van der Waals surface area (Å²) in [5, 5.41) is 9.87. The second-order valence-corrected chi connectivity index (χ2v) is 2.85. The first-order valence-electron chi connectivity index (χ1n) is 3.06. The van der Waals surface area contributed by atoms with Gasteiger partial charge in [0.25, 0.3) is 0 Å². The van der Waals surface area contributed by atoms with Crippen LogP contribution in [0.15, 0.2) is 21.6 Å². The predicted molar refractivity (Wildman–Crippen MR) is 41.1 cm³/mol. The van der Waals surface area contributed by atoms with Crippen molar-refractivity contribution in [3.8, 4) is 0 Å². The van der Waals surface area contributed by atoms with Crippen molar-refractivity contribution in [3.63, 3.8) is 0 Å². The van der Waals surface area contributed by atoms with Gasteiger partial charge in [-0.15, -0.1) is 0 Å². The molecule has 1 heterocycles. The molecule has 3 heteroatoms. The molecule has 1 atom stereocenters. The molecule has 1 unspecified atom stereocenters. The third kappa shape index (κ3) is 1.55. The van der Waals surface area contributed by atoms with Crippen molar-refractivity contribution in [2.24, 2.45) is 0 Å². The first kappa shape index (κ1) is 7.69. The summed E-state index contributed by atoms with van der Waals surface area (Å²) in [5.74, 6) is 0.629. The quantitative estimate of drug-likeness (QED) is 0.669. The van der Waals surface area contributed by atoms with Gasteiger partial charge in [0.05, 0.1) is 0 Å². The topological polar surface area (TPSA) is 33.4 Å². The van der Waals surface area contributed by atoms with Crippen molar-refractivity contribution in [2.75, 3.05) is 6.26 Å². The van der Waals surface area contributed by atoms with Gasteiger partial charge in [-0.05, 0) is 25.3 Å². The Kier molecular flexibility index (Phi) is 2.40. The van der Waals surface area contributed by atoms with Crippen LogP contribution in [0.5, 0.6) is 0 Å². The summed E-state index contributed by atoms with van der Waals surface area (Å²) in [6.45, 7) is 1.68. The van der Waals surface area contributed by atoms with Gasteiger partial charge in [0.15, 0.2) is 5.09 Å². The zero-order valence-corrected chi connectivity index (χ0v) is 6.81. The van der Waals surface area contributed by atoms with E-state index in [1.165, 1.54) is 11.8 Å². The summed E-state index contributed by atoms with van der Waals surface area (Å²) in [6, 6.07) is 3.64. The van der Waals surface area contributed by atoms with E-state index in [0.29, 0.717) is 5.76 Å². The first-order valence-corrected chi connectivity index (χ1v) is 4.28. The maximum Gasteiger partial charge on any atom is 0.160 e. The molecule has 0 radical (unpaired) electrons. The molecule has 1 aromatic rings. The van der Waals surface area contributed by atoms with Crippen LogP contribution in [0, 0.1) is 0 Å². The lowest BCUT2D eigenvalue weighted by Gasteiger charge is -1.96. The van der Waals surface area contributed by atoms with Gasteiger partial charge >= 0.3 is 0 Å². The van der Waals surface area contributed by atoms with Gasteiger partial charge < -0.3 is 9.52 Å². The molecule has 0 amide bonds. The van der Waals surface area contributed by atoms with Crippen LogP contribution in [-0.2, 0) is 0 Å². The minimum absolute atomic E-state index is 0.499. The molecule has 0 bridgehead atoms. The average molecular weight is 158 g/mol. The van der Waals surface area contributed by atoms with E-state index in [2.05, 4.69) is 0 Å². The molecule has 0 aromatic carbocycles. The highest BCUT2D eigenvalue weighted by molar-refractivity contribution is 7.98. The fraction of sp³-hybridized carbons (Fsp3) is 0.429. The Morgan fingerprint density at radius 2 is 2.30 bits per heavy atom. The Morgan fingerprint density at radius 1 is 1.60 bits per heavy atom. The third-order valence-electron chi connectivity index (χ3n) is 1.22. The van der Waals surface area contributed by atoms with E-state index in [1.807, 2.05) is 12.3 Å². The molecule has 0 saturated heterocycles. The van der Waals surface area contributed by atoms with Crippen LogP contribution in [-0.4, -0.2) is 11.4 Å². The van der Waals surface area contributed by atoms with Crippen LogP contribution in [0.1, 0.15) is 18.8 Å². The van der Waals surface area contributed by atoms with E-state index in [9.17, 15) is 0 Å². The van der Waals surface area contributed by atoms with Crippen LogP contribution < -0.4 is 0 Å². The standard InChI is InChI=1S/C7H10O2S/c1-5(8)6-3-4-7(9-6)10-2/h3-5,8H,1-2H3. The molecule has 0 spiro atoms. The Bertz CT molecular complexity index is 205. The predicted octanol–water partition coefficient (Wildman–Crippen LogP) is 2.05. The highest BCUT2D eigenvalue weighted by atomic mass is 32.2. The van der Waals surface area contributed by atoms with Crippen molar-refractivity contribution in [3.05, 3.63) is 17.9 Å². The Labute approximate surface area is 64.2 Å². The van der Waals surface area contributed by atoms with Gasteiger partial charge in [0, 0.05) is 0 Å². The smallest absolute Gasteiger partial charge is 0.160 e. The van der Waals surface area contributed by atoms with E-state index >= 15 is 0 Å². The van der Waals surface area contributed by atoms with Crippen LogP contribution in [0.3, 0.4) is 0 Å². The highest BCUT2D eigenvalue weighted by Crippen LogP contribution is 2.21. The van der Waals surface area contributed by atoms with E-state index in [4.69, 9.17) is 9.52 Å². The Balaban J connectivity index is 2.78. The van der Waals surface area contributed by atoms with Crippen molar-refractivity contribution in [2.45, 2.75) is 18.1 Å². The zero-order valence-electron chi connectivity index (χ0n) is 6.00. The molecular formula is C7H10O2S. The maximum atomic E-state index is 9.03. The number of thioether (sulfide) groups is 1. The monoisotopic (exact) mass is 158 g/mol. The number of hydrogen-bond donors (Lipinski definition) is 1. The summed E-state index contributed by atoms with van der Waals surface area (Å²) in [5.41, 5.74) is 0. The summed E-state index contributed by atoms with van der Waals surface area (Å²) in [4.78, 5) is 0. The number of aliphatic hydroxyl groups is 1. The van der Waals surface area contributed by atoms with Crippen molar-refractivity contribution >= 4 is 11.8 Å². The van der Waals surface area contributed by atoms with E-state index in [0.717, 1.165) is 5.09 Å². The van der Waals surface area contributed by atoms with Crippen molar-refractivity contribution < 1.29 is 9.52 Å². The maximum absolute atomic E-state index is 9.03. The highest BCUT2D eigenvalue weighted by Gasteiger charge is 2.04. The van der Waals surface area contributed by atoms with Gasteiger partial charge in [0.2, 0.25) is 0 Å². The molecule has 0 saturated carbocycles. The van der Waals surface area contributed by atoms with Crippen LogP contribution >= 0.6 is 11.8 Å². The van der Waals surface area contributed by atoms with E-state index in [1.54, 1.807) is 13.0 Å². The average Bonchev–Trinajstić information content (AvgIpc) is 2.34. The van der Waals surface area contributed by atoms with Gasteiger partial charge in [-0.3, -0.25) is 0 Å². The molecule has 1 N–H and O–H groups in total. The van der Waals surface area contributed by atoms with Crippen molar-refractivity contribution in [1.82, 2.24) is 0 Å². The molecule has 1 aromatic heterocycles. The third-order valence-corrected chi connectivity index (χ3v) is 1.84. The minimum atomic E-state index is -0.499. The molecule has 56 valence electrons. The lowest BCUT2D eigenvalue weighted by molar-refractivity contribution is 0.163. The summed E-state index contributed by atoms with van der Waals surface area (Å²) in [6.07, 6.45) is 1.44. The fourth-order valence-corrected chi connectivity index (χ4v) is 1.05. The number of furan rings is 1. The molecule has 0 aliphatic rings. The molecule has 0 aliphatic carbocycles. The van der Waals surface area contributed by atoms with Crippen LogP contribution in [0.4, 0.5) is 0 Å². The first-order chi connectivity index (χ1) is 4.74. The second kappa shape index (κ2) is 3.12. The SMILES string of the molecule is CSc1ccc(C(C)O)o1. The van der Waals surface area contributed by atoms with Crippen LogP contribution in [0.25, 0.3) is 0 Å². The van der Waals surface area contributed by atoms with Gasteiger partial charge in [-0.25, -0.2) is 0 Å². The molecule has 0 fully saturated rings. The zero-order chi connectivity index (χ0) is 7.56.